The third kappa shape index (κ3) is 4.01. The fourth-order valence-electron chi connectivity index (χ4n) is 3.62. The number of rotatable bonds is 4. The quantitative estimate of drug-likeness (QED) is 0.575. The summed E-state index contributed by atoms with van der Waals surface area (Å²) in [7, 11) is 1.65. The highest BCUT2D eigenvalue weighted by atomic mass is 16.7. The van der Waals surface area contributed by atoms with E-state index in [1.165, 1.54) is 0 Å². The van der Waals surface area contributed by atoms with Gasteiger partial charge in [-0.1, -0.05) is 18.2 Å². The van der Waals surface area contributed by atoms with E-state index in [2.05, 4.69) is 4.98 Å². The third-order valence-electron chi connectivity index (χ3n) is 5.43. The van der Waals surface area contributed by atoms with Crippen LogP contribution in [0.4, 0.5) is 0 Å². The number of aryl methyl sites for hydroxylation is 1. The predicted octanol–water partition coefficient (Wildman–Crippen LogP) is 4.86. The second-order valence-corrected chi connectivity index (χ2v) is 7.43. The second-order valence-electron chi connectivity index (χ2n) is 7.43. The summed E-state index contributed by atoms with van der Waals surface area (Å²) in [6.45, 7) is 6.15. The van der Waals surface area contributed by atoms with Gasteiger partial charge in [0, 0.05) is 17.3 Å². The van der Waals surface area contributed by atoms with Crippen LogP contribution >= 0.6 is 0 Å². The van der Waals surface area contributed by atoms with Gasteiger partial charge in [0.25, 0.3) is 0 Å². The predicted molar refractivity (Wildman–Crippen MR) is 112 cm³/mol. The molecular weight excluding hydrogens is 382 g/mol. The first-order valence-electron chi connectivity index (χ1n) is 9.95. The Bertz CT molecular complexity index is 1090. The molecular formula is C24H25NO5. The van der Waals surface area contributed by atoms with Gasteiger partial charge in [-0.15, -0.1) is 0 Å². The van der Waals surface area contributed by atoms with E-state index >= 15 is 0 Å². The summed E-state index contributed by atoms with van der Waals surface area (Å²) in [5.74, 6) is 0.403. The summed E-state index contributed by atoms with van der Waals surface area (Å²) < 4.78 is 22.4. The van der Waals surface area contributed by atoms with E-state index in [0.717, 1.165) is 33.2 Å². The van der Waals surface area contributed by atoms with Crippen LogP contribution in [0.2, 0.25) is 0 Å². The van der Waals surface area contributed by atoms with E-state index in [9.17, 15) is 4.79 Å². The molecule has 6 nitrogen and oxygen atoms in total. The summed E-state index contributed by atoms with van der Waals surface area (Å²) in [6, 6.07) is 11.9. The fraction of sp³-hybridized carbons (Fsp3) is 0.333. The van der Waals surface area contributed by atoms with Crippen LogP contribution in [0.5, 0.6) is 5.75 Å². The van der Waals surface area contributed by atoms with Crippen molar-refractivity contribution in [1.82, 2.24) is 4.98 Å². The summed E-state index contributed by atoms with van der Waals surface area (Å²) in [5, 5.41) is 2.12. The number of pyridine rings is 1. The molecule has 6 heteroatoms. The first-order chi connectivity index (χ1) is 14.5. The average Bonchev–Trinajstić information content (AvgIpc) is 2.94. The standard InChI is InChI=1S/C24H25NO5/c1-14-23(22-13-29-16(3)28-12-20(22)11-25-14)24(26)30-15(2)17-5-6-19-10-21(27-4)8-7-18(19)9-17/h5-11,15-16H,12-13H2,1-4H3/t15-,16?/m0/s1. The van der Waals surface area contributed by atoms with Crippen molar-refractivity contribution in [2.75, 3.05) is 7.11 Å². The molecule has 1 aliphatic rings. The molecule has 0 N–H and O–H groups in total. The number of nitrogens with zero attached hydrogens (tertiary/aromatic N) is 1. The number of aromatic nitrogens is 1. The van der Waals surface area contributed by atoms with E-state index in [1.54, 1.807) is 20.2 Å². The molecule has 2 atom stereocenters. The molecule has 0 fully saturated rings. The molecule has 1 aromatic heterocycles. The van der Waals surface area contributed by atoms with Gasteiger partial charge >= 0.3 is 5.97 Å². The molecule has 0 aliphatic carbocycles. The van der Waals surface area contributed by atoms with Crippen LogP contribution < -0.4 is 4.74 Å². The van der Waals surface area contributed by atoms with Gasteiger partial charge in [-0.3, -0.25) is 4.98 Å². The summed E-state index contributed by atoms with van der Waals surface area (Å²) in [4.78, 5) is 17.5. The maximum absolute atomic E-state index is 13.1. The molecule has 0 amide bonds. The molecule has 30 heavy (non-hydrogen) atoms. The topological polar surface area (TPSA) is 66.9 Å². The zero-order valence-electron chi connectivity index (χ0n) is 17.6. The van der Waals surface area contributed by atoms with E-state index in [0.29, 0.717) is 17.9 Å². The van der Waals surface area contributed by atoms with Crippen molar-refractivity contribution in [3.05, 3.63) is 70.5 Å². The van der Waals surface area contributed by atoms with Crippen molar-refractivity contribution in [3.63, 3.8) is 0 Å². The lowest BCUT2D eigenvalue weighted by Gasteiger charge is -2.18. The smallest absolute Gasteiger partial charge is 0.340 e. The molecule has 0 bridgehead atoms. The first-order valence-corrected chi connectivity index (χ1v) is 9.95. The van der Waals surface area contributed by atoms with Crippen molar-refractivity contribution in [3.8, 4) is 5.75 Å². The van der Waals surface area contributed by atoms with Crippen molar-refractivity contribution in [2.24, 2.45) is 0 Å². The minimum Gasteiger partial charge on any atom is -0.497 e. The maximum Gasteiger partial charge on any atom is 0.340 e. The monoisotopic (exact) mass is 407 g/mol. The molecule has 1 aliphatic heterocycles. The number of hydrogen-bond donors (Lipinski definition) is 0. The van der Waals surface area contributed by atoms with Gasteiger partial charge in [0.1, 0.15) is 11.9 Å². The molecule has 0 saturated carbocycles. The van der Waals surface area contributed by atoms with E-state index in [4.69, 9.17) is 18.9 Å². The molecule has 0 saturated heterocycles. The molecule has 0 radical (unpaired) electrons. The van der Waals surface area contributed by atoms with E-state index in [-0.39, 0.29) is 12.9 Å². The number of fused-ring (bicyclic) bond motifs is 2. The number of carbonyl (C=O) groups is 1. The van der Waals surface area contributed by atoms with Crippen LogP contribution in [-0.4, -0.2) is 24.4 Å². The first kappa shape index (κ1) is 20.3. The highest BCUT2D eigenvalue weighted by Crippen LogP contribution is 2.28. The van der Waals surface area contributed by atoms with Crippen molar-refractivity contribution < 1.29 is 23.7 Å². The number of esters is 1. The Labute approximate surface area is 175 Å². The summed E-state index contributed by atoms with van der Waals surface area (Å²) >= 11 is 0. The molecule has 2 aromatic carbocycles. The number of methoxy groups -OCH3 is 1. The zero-order valence-corrected chi connectivity index (χ0v) is 17.6. The molecule has 156 valence electrons. The highest BCUT2D eigenvalue weighted by molar-refractivity contribution is 5.93. The number of carbonyl (C=O) groups excluding carboxylic acids is 1. The van der Waals surface area contributed by atoms with Crippen LogP contribution in [0.1, 0.15) is 52.7 Å². The Morgan fingerprint density at radius 2 is 1.87 bits per heavy atom. The van der Waals surface area contributed by atoms with Crippen LogP contribution in [0, 0.1) is 6.92 Å². The Kier molecular flexibility index (Phi) is 5.70. The number of benzene rings is 2. The lowest BCUT2D eigenvalue weighted by Crippen LogP contribution is -2.16. The molecule has 4 rings (SSSR count). The van der Waals surface area contributed by atoms with Gasteiger partial charge in [-0.05, 0) is 55.3 Å². The van der Waals surface area contributed by atoms with E-state index < -0.39 is 12.1 Å². The van der Waals surface area contributed by atoms with E-state index in [1.807, 2.05) is 50.2 Å². The normalized spacial score (nSPS) is 17.1. The average molecular weight is 407 g/mol. The maximum atomic E-state index is 13.1. The van der Waals surface area contributed by atoms with Crippen LogP contribution in [0.25, 0.3) is 10.8 Å². The molecule has 0 spiro atoms. The third-order valence-corrected chi connectivity index (χ3v) is 5.43. The number of hydrogen-bond acceptors (Lipinski definition) is 6. The Morgan fingerprint density at radius 1 is 1.13 bits per heavy atom. The van der Waals surface area contributed by atoms with Crippen LogP contribution in [0.15, 0.2) is 42.6 Å². The second kappa shape index (κ2) is 8.42. The van der Waals surface area contributed by atoms with Gasteiger partial charge < -0.3 is 18.9 Å². The van der Waals surface area contributed by atoms with Crippen molar-refractivity contribution >= 4 is 16.7 Å². The van der Waals surface area contributed by atoms with Crippen LogP contribution in [-0.2, 0) is 27.4 Å². The SMILES string of the molecule is COc1ccc2cc([C@H](C)OC(=O)c3c(C)ncc4c3COC(C)OC4)ccc2c1. The fourth-order valence-corrected chi connectivity index (χ4v) is 3.62. The molecule has 1 unspecified atom stereocenters. The highest BCUT2D eigenvalue weighted by Gasteiger charge is 2.25. The lowest BCUT2D eigenvalue weighted by molar-refractivity contribution is -0.136. The van der Waals surface area contributed by atoms with Crippen molar-refractivity contribution in [1.29, 1.82) is 0 Å². The minimum absolute atomic E-state index is 0.288. The van der Waals surface area contributed by atoms with Gasteiger partial charge in [0.2, 0.25) is 0 Å². The van der Waals surface area contributed by atoms with Gasteiger partial charge in [0.15, 0.2) is 6.29 Å². The van der Waals surface area contributed by atoms with Gasteiger partial charge in [-0.25, -0.2) is 4.79 Å². The summed E-state index contributed by atoms with van der Waals surface area (Å²) in [6.07, 6.45) is 0.988. The zero-order chi connectivity index (χ0) is 21.3. The Balaban J connectivity index is 1.59. The van der Waals surface area contributed by atoms with Crippen LogP contribution in [0.3, 0.4) is 0 Å². The summed E-state index contributed by atoms with van der Waals surface area (Å²) in [5.41, 5.74) is 3.64. The van der Waals surface area contributed by atoms with Gasteiger partial charge in [-0.2, -0.15) is 0 Å². The largest absolute Gasteiger partial charge is 0.497 e. The molecule has 3 aromatic rings. The number of ether oxygens (including phenoxy) is 4. The molecule has 2 heterocycles. The van der Waals surface area contributed by atoms with Crippen molar-refractivity contribution in [2.45, 2.75) is 46.4 Å². The Hall–Kier alpha value is -2.96. The Morgan fingerprint density at radius 3 is 2.67 bits per heavy atom. The minimum atomic E-state index is -0.416. The lowest BCUT2D eigenvalue weighted by atomic mass is 10.0. The van der Waals surface area contributed by atoms with Gasteiger partial charge in [0.05, 0.1) is 31.6 Å².